The third-order valence-electron chi connectivity index (χ3n) is 2.64. The van der Waals surface area contributed by atoms with Crippen LogP contribution in [0.5, 0.6) is 11.8 Å². The van der Waals surface area contributed by atoms with E-state index in [2.05, 4.69) is 31.2 Å². The molecule has 0 amide bonds. The Morgan fingerprint density at radius 3 is 2.40 bits per heavy atom. The lowest BCUT2D eigenvalue weighted by Gasteiger charge is -2.13. The van der Waals surface area contributed by atoms with Crippen molar-refractivity contribution in [3.05, 3.63) is 39.6 Å². The SMILES string of the molecule is COc1ncnc(OC)c1CNc1ccc(Cl)cc1Br. The van der Waals surface area contributed by atoms with Crippen molar-refractivity contribution in [3.8, 4) is 11.8 Å². The highest BCUT2D eigenvalue weighted by Gasteiger charge is 2.13. The van der Waals surface area contributed by atoms with E-state index in [1.54, 1.807) is 14.2 Å². The molecule has 0 spiro atoms. The molecule has 0 saturated heterocycles. The molecule has 7 heteroatoms. The van der Waals surface area contributed by atoms with Crippen LogP contribution in [0, 0.1) is 0 Å². The highest BCUT2D eigenvalue weighted by atomic mass is 79.9. The maximum Gasteiger partial charge on any atom is 0.225 e. The molecule has 0 atom stereocenters. The molecule has 1 aromatic heterocycles. The number of benzene rings is 1. The largest absolute Gasteiger partial charge is 0.481 e. The van der Waals surface area contributed by atoms with Gasteiger partial charge in [0.1, 0.15) is 6.33 Å². The van der Waals surface area contributed by atoms with E-state index in [9.17, 15) is 0 Å². The first-order valence-electron chi connectivity index (χ1n) is 5.76. The number of nitrogens with one attached hydrogen (secondary N) is 1. The molecule has 2 aromatic rings. The normalized spacial score (nSPS) is 10.2. The number of aromatic nitrogens is 2. The highest BCUT2D eigenvalue weighted by Crippen LogP contribution is 2.29. The van der Waals surface area contributed by atoms with Crippen molar-refractivity contribution in [1.29, 1.82) is 0 Å². The van der Waals surface area contributed by atoms with Crippen molar-refractivity contribution in [2.75, 3.05) is 19.5 Å². The van der Waals surface area contributed by atoms with E-state index in [0.29, 0.717) is 23.3 Å². The molecule has 0 saturated carbocycles. The Bertz CT molecular complexity index is 588. The first-order chi connectivity index (χ1) is 9.65. The Kier molecular flexibility index (Phi) is 5.03. The fourth-order valence-electron chi connectivity index (χ4n) is 1.70. The smallest absolute Gasteiger partial charge is 0.225 e. The summed E-state index contributed by atoms with van der Waals surface area (Å²) < 4.78 is 11.3. The van der Waals surface area contributed by atoms with E-state index in [1.807, 2.05) is 18.2 Å². The third kappa shape index (κ3) is 3.32. The van der Waals surface area contributed by atoms with Gasteiger partial charge in [0.15, 0.2) is 0 Å². The first-order valence-corrected chi connectivity index (χ1v) is 6.93. The van der Waals surface area contributed by atoms with Gasteiger partial charge in [-0.3, -0.25) is 0 Å². The average molecular weight is 359 g/mol. The Balaban J connectivity index is 2.22. The molecule has 0 aliphatic rings. The summed E-state index contributed by atoms with van der Waals surface area (Å²) in [6.07, 6.45) is 1.40. The minimum absolute atomic E-state index is 0.466. The molecule has 1 heterocycles. The summed E-state index contributed by atoms with van der Waals surface area (Å²) in [7, 11) is 3.12. The van der Waals surface area contributed by atoms with E-state index in [1.165, 1.54) is 6.33 Å². The van der Waals surface area contributed by atoms with Gasteiger partial charge in [0, 0.05) is 15.2 Å². The second-order valence-corrected chi connectivity index (χ2v) is 5.14. The predicted octanol–water partition coefficient (Wildman–Crippen LogP) is 3.52. The topological polar surface area (TPSA) is 56.3 Å². The van der Waals surface area contributed by atoms with E-state index in [0.717, 1.165) is 15.7 Å². The van der Waals surface area contributed by atoms with Crippen LogP contribution >= 0.6 is 27.5 Å². The van der Waals surface area contributed by atoms with Gasteiger partial charge in [0.05, 0.1) is 26.3 Å². The maximum absolute atomic E-state index is 5.91. The lowest BCUT2D eigenvalue weighted by Crippen LogP contribution is -2.07. The lowest BCUT2D eigenvalue weighted by molar-refractivity contribution is 0.363. The van der Waals surface area contributed by atoms with Crippen LogP contribution in [0.25, 0.3) is 0 Å². The fourth-order valence-corrected chi connectivity index (χ4v) is 2.52. The second-order valence-electron chi connectivity index (χ2n) is 3.85. The summed E-state index contributed by atoms with van der Waals surface area (Å²) in [6, 6.07) is 5.51. The molecular formula is C13H13BrClN3O2. The zero-order valence-corrected chi connectivity index (χ0v) is 13.3. The summed E-state index contributed by atoms with van der Waals surface area (Å²) in [4.78, 5) is 8.14. The van der Waals surface area contributed by atoms with Crippen LogP contribution in [0.1, 0.15) is 5.56 Å². The summed E-state index contributed by atoms with van der Waals surface area (Å²) in [5.41, 5.74) is 1.65. The van der Waals surface area contributed by atoms with Crippen LogP contribution < -0.4 is 14.8 Å². The first kappa shape index (κ1) is 14.9. The van der Waals surface area contributed by atoms with Gasteiger partial charge in [-0.05, 0) is 34.1 Å². The number of halogens is 2. The summed E-state index contributed by atoms with van der Waals surface area (Å²) in [5.74, 6) is 0.962. The van der Waals surface area contributed by atoms with Crippen molar-refractivity contribution in [2.45, 2.75) is 6.54 Å². The van der Waals surface area contributed by atoms with Crippen molar-refractivity contribution in [2.24, 2.45) is 0 Å². The number of hydrogen-bond donors (Lipinski definition) is 1. The molecule has 106 valence electrons. The summed E-state index contributed by atoms with van der Waals surface area (Å²) in [5, 5.41) is 3.93. The highest BCUT2D eigenvalue weighted by molar-refractivity contribution is 9.10. The van der Waals surface area contributed by atoms with Gasteiger partial charge in [-0.25, -0.2) is 9.97 Å². The van der Waals surface area contributed by atoms with Crippen molar-refractivity contribution < 1.29 is 9.47 Å². The van der Waals surface area contributed by atoms with E-state index in [-0.39, 0.29) is 0 Å². The number of hydrogen-bond acceptors (Lipinski definition) is 5. The minimum atomic E-state index is 0.466. The maximum atomic E-state index is 5.91. The molecular weight excluding hydrogens is 346 g/mol. The molecule has 0 fully saturated rings. The Hall–Kier alpha value is -1.53. The number of methoxy groups -OCH3 is 2. The Morgan fingerprint density at radius 2 is 1.85 bits per heavy atom. The monoisotopic (exact) mass is 357 g/mol. The lowest BCUT2D eigenvalue weighted by atomic mass is 10.2. The third-order valence-corrected chi connectivity index (χ3v) is 3.53. The number of ether oxygens (including phenoxy) is 2. The van der Waals surface area contributed by atoms with Gasteiger partial charge in [-0.15, -0.1) is 0 Å². The molecule has 2 rings (SSSR count). The van der Waals surface area contributed by atoms with Gasteiger partial charge in [0.2, 0.25) is 11.8 Å². The standard InChI is InChI=1S/C13H13BrClN3O2/c1-19-12-9(13(20-2)18-7-17-12)6-16-11-4-3-8(15)5-10(11)14/h3-5,7,16H,6H2,1-2H3. The molecule has 0 unspecified atom stereocenters. The fraction of sp³-hybridized carbons (Fsp3) is 0.231. The zero-order chi connectivity index (χ0) is 14.5. The molecule has 0 radical (unpaired) electrons. The number of rotatable bonds is 5. The van der Waals surface area contributed by atoms with Crippen LogP contribution in [0.4, 0.5) is 5.69 Å². The average Bonchev–Trinajstić information content (AvgIpc) is 2.46. The van der Waals surface area contributed by atoms with Crippen LogP contribution in [0.2, 0.25) is 5.02 Å². The summed E-state index contributed by atoms with van der Waals surface area (Å²) in [6.45, 7) is 0.466. The quantitative estimate of drug-likeness (QED) is 0.886. The number of anilines is 1. The van der Waals surface area contributed by atoms with Gasteiger partial charge < -0.3 is 14.8 Å². The molecule has 1 aromatic carbocycles. The van der Waals surface area contributed by atoms with Gasteiger partial charge in [-0.2, -0.15) is 0 Å². The minimum Gasteiger partial charge on any atom is -0.481 e. The second kappa shape index (κ2) is 6.76. The predicted molar refractivity (Wildman–Crippen MR) is 81.6 cm³/mol. The molecule has 20 heavy (non-hydrogen) atoms. The molecule has 5 nitrogen and oxygen atoms in total. The molecule has 1 N–H and O–H groups in total. The van der Waals surface area contributed by atoms with Crippen LogP contribution in [0.3, 0.4) is 0 Å². The molecule has 0 aliphatic heterocycles. The van der Waals surface area contributed by atoms with Crippen LogP contribution in [-0.2, 0) is 6.54 Å². The van der Waals surface area contributed by atoms with Crippen LogP contribution in [-0.4, -0.2) is 24.2 Å². The Labute approximate surface area is 130 Å². The van der Waals surface area contributed by atoms with Crippen molar-refractivity contribution >= 4 is 33.2 Å². The molecule has 0 aliphatic carbocycles. The Morgan fingerprint density at radius 1 is 1.20 bits per heavy atom. The van der Waals surface area contributed by atoms with E-state index < -0.39 is 0 Å². The van der Waals surface area contributed by atoms with E-state index >= 15 is 0 Å². The van der Waals surface area contributed by atoms with Gasteiger partial charge >= 0.3 is 0 Å². The molecule has 0 bridgehead atoms. The van der Waals surface area contributed by atoms with Crippen LogP contribution in [0.15, 0.2) is 29.0 Å². The number of nitrogens with zero attached hydrogens (tertiary/aromatic N) is 2. The van der Waals surface area contributed by atoms with Crippen molar-refractivity contribution in [3.63, 3.8) is 0 Å². The van der Waals surface area contributed by atoms with Crippen molar-refractivity contribution in [1.82, 2.24) is 9.97 Å². The zero-order valence-electron chi connectivity index (χ0n) is 11.0. The van der Waals surface area contributed by atoms with Gasteiger partial charge in [-0.1, -0.05) is 11.6 Å². The van der Waals surface area contributed by atoms with Gasteiger partial charge in [0.25, 0.3) is 0 Å². The van der Waals surface area contributed by atoms with E-state index in [4.69, 9.17) is 21.1 Å². The summed E-state index contributed by atoms with van der Waals surface area (Å²) >= 11 is 9.36.